The highest BCUT2D eigenvalue weighted by Crippen LogP contribution is 2.44. The van der Waals surface area contributed by atoms with E-state index in [0.29, 0.717) is 28.8 Å². The second-order valence-electron chi connectivity index (χ2n) is 3.10. The van der Waals surface area contributed by atoms with Gasteiger partial charge in [-0.15, -0.1) is 0 Å². The minimum atomic E-state index is -0.441. The quantitative estimate of drug-likeness (QED) is 0.804. The van der Waals surface area contributed by atoms with Gasteiger partial charge in [0, 0.05) is 0 Å². The van der Waals surface area contributed by atoms with Gasteiger partial charge in [-0.2, -0.15) is 8.73 Å². The molecule has 0 aromatic heterocycles. The van der Waals surface area contributed by atoms with Gasteiger partial charge in [-0.25, -0.2) is 4.79 Å². The van der Waals surface area contributed by atoms with Crippen LogP contribution in [0.15, 0.2) is 20.9 Å². The Labute approximate surface area is 107 Å². The summed E-state index contributed by atoms with van der Waals surface area (Å²) >= 11 is 7.05. The van der Waals surface area contributed by atoms with Crippen molar-refractivity contribution in [3.63, 3.8) is 0 Å². The Morgan fingerprint density at radius 3 is 3.06 bits per heavy atom. The van der Waals surface area contributed by atoms with Gasteiger partial charge in [-0.1, -0.05) is 11.6 Å². The lowest BCUT2D eigenvalue weighted by molar-refractivity contribution is -0.145. The van der Waals surface area contributed by atoms with Crippen LogP contribution in [0.5, 0.6) is 5.75 Å². The lowest BCUT2D eigenvalue weighted by atomic mass is 10.2. The van der Waals surface area contributed by atoms with E-state index in [2.05, 4.69) is 8.73 Å². The summed E-state index contributed by atoms with van der Waals surface area (Å²) in [4.78, 5) is 11.2. The molecule has 0 amide bonds. The van der Waals surface area contributed by atoms with E-state index in [0.717, 1.165) is 11.4 Å². The molecule has 0 saturated heterocycles. The Balaban J connectivity index is 2.14. The zero-order valence-electron chi connectivity index (χ0n) is 8.97. The molecule has 0 radical (unpaired) electrons. The Morgan fingerprint density at radius 1 is 1.47 bits per heavy atom. The van der Waals surface area contributed by atoms with Crippen LogP contribution < -0.4 is 4.74 Å². The lowest BCUT2D eigenvalue weighted by Gasteiger charge is -2.09. The van der Waals surface area contributed by atoms with Crippen LogP contribution in [-0.4, -0.2) is 19.2 Å². The molecule has 0 atom stereocenters. The van der Waals surface area contributed by atoms with Crippen molar-refractivity contribution in [2.24, 2.45) is 8.73 Å². The summed E-state index contributed by atoms with van der Waals surface area (Å²) in [6.45, 7) is 1.86. The highest BCUT2D eigenvalue weighted by atomic mass is 35.5. The van der Waals surface area contributed by atoms with Gasteiger partial charge in [0.25, 0.3) is 0 Å². The van der Waals surface area contributed by atoms with Crippen LogP contribution in [-0.2, 0) is 20.9 Å². The highest BCUT2D eigenvalue weighted by molar-refractivity contribution is 7.58. The first-order chi connectivity index (χ1) is 8.22. The second-order valence-corrected chi connectivity index (χ2v) is 4.04. The Hall–Kier alpha value is -1.40. The summed E-state index contributed by atoms with van der Waals surface area (Å²) in [5.41, 5.74) is 1.25. The second kappa shape index (κ2) is 5.29. The van der Waals surface area contributed by atoms with Gasteiger partial charge < -0.3 is 9.47 Å². The maximum absolute atomic E-state index is 11.2. The minimum Gasteiger partial charge on any atom is -0.478 e. The van der Waals surface area contributed by atoms with Crippen LogP contribution in [0.25, 0.3) is 0 Å². The van der Waals surface area contributed by atoms with Crippen LogP contribution in [0.4, 0.5) is 11.4 Å². The number of carbonyl (C=O) groups excluding carboxylic acids is 1. The number of hydrogen-bond donors (Lipinski definition) is 0. The van der Waals surface area contributed by atoms with Gasteiger partial charge in [0.2, 0.25) is 0 Å². The van der Waals surface area contributed by atoms with E-state index in [1.807, 2.05) is 0 Å². The fraction of sp³-hybridized carbons (Fsp3) is 0.300. The van der Waals surface area contributed by atoms with E-state index < -0.39 is 5.97 Å². The minimum absolute atomic E-state index is 0.190. The molecule has 0 bridgehead atoms. The predicted molar refractivity (Wildman–Crippen MR) is 65.1 cm³/mol. The molecule has 1 aromatic carbocycles. The van der Waals surface area contributed by atoms with Crippen LogP contribution in [0.3, 0.4) is 0 Å². The lowest BCUT2D eigenvalue weighted by Crippen LogP contribution is -2.14. The van der Waals surface area contributed by atoms with E-state index in [-0.39, 0.29) is 6.61 Å². The van der Waals surface area contributed by atoms with Crippen molar-refractivity contribution in [1.29, 1.82) is 0 Å². The summed E-state index contributed by atoms with van der Waals surface area (Å²) in [5.74, 6) is -0.0743. The van der Waals surface area contributed by atoms with Gasteiger partial charge >= 0.3 is 5.97 Å². The molecule has 0 unspecified atom stereocenters. The van der Waals surface area contributed by atoms with Crippen molar-refractivity contribution >= 4 is 40.3 Å². The first-order valence-corrected chi connectivity index (χ1v) is 6.02. The molecule has 0 fully saturated rings. The maximum atomic E-state index is 11.2. The number of hydrogen-bond acceptors (Lipinski definition) is 5. The average Bonchev–Trinajstić information content (AvgIpc) is 2.76. The van der Waals surface area contributed by atoms with Gasteiger partial charge in [-0.05, 0) is 19.1 Å². The van der Waals surface area contributed by atoms with Crippen LogP contribution in [0.1, 0.15) is 6.92 Å². The Morgan fingerprint density at radius 2 is 2.29 bits per heavy atom. The fourth-order valence-corrected chi connectivity index (χ4v) is 2.02. The first-order valence-electron chi connectivity index (χ1n) is 4.91. The summed E-state index contributed by atoms with van der Waals surface area (Å²) in [6.07, 6.45) is 0. The van der Waals surface area contributed by atoms with E-state index >= 15 is 0 Å². The normalized spacial score (nSPS) is 11.9. The number of halogens is 1. The average molecular weight is 273 g/mol. The number of esters is 1. The molecule has 1 aliphatic rings. The summed E-state index contributed by atoms with van der Waals surface area (Å²) < 4.78 is 18.2. The molecule has 0 spiro atoms. The smallest absolute Gasteiger partial charge is 0.344 e. The molecular formula is C10H9ClN2O3S. The van der Waals surface area contributed by atoms with E-state index in [1.165, 1.54) is 0 Å². The van der Waals surface area contributed by atoms with Gasteiger partial charge in [-0.3, -0.25) is 0 Å². The highest BCUT2D eigenvalue weighted by Gasteiger charge is 2.17. The maximum Gasteiger partial charge on any atom is 0.344 e. The SMILES string of the molecule is CCOC(=O)COc1c(Cl)ccc2c1N=S=N2. The molecule has 1 aliphatic heterocycles. The van der Waals surface area contributed by atoms with Crippen molar-refractivity contribution in [1.82, 2.24) is 0 Å². The molecule has 17 heavy (non-hydrogen) atoms. The van der Waals surface area contributed by atoms with Crippen LogP contribution in [0, 0.1) is 0 Å². The third kappa shape index (κ3) is 2.65. The van der Waals surface area contributed by atoms with Gasteiger partial charge in [0.05, 0.1) is 23.0 Å². The number of nitrogens with zero attached hydrogens (tertiary/aromatic N) is 2. The molecule has 1 heterocycles. The van der Waals surface area contributed by atoms with Gasteiger partial charge in [0.15, 0.2) is 12.4 Å². The van der Waals surface area contributed by atoms with Crippen molar-refractivity contribution in [2.45, 2.75) is 6.92 Å². The summed E-state index contributed by atoms with van der Waals surface area (Å²) in [6, 6.07) is 3.41. The number of fused-ring (bicyclic) bond motifs is 1. The largest absolute Gasteiger partial charge is 0.478 e. The molecule has 1 aromatic rings. The van der Waals surface area contributed by atoms with E-state index in [9.17, 15) is 4.79 Å². The zero-order chi connectivity index (χ0) is 12.3. The van der Waals surface area contributed by atoms with E-state index in [1.54, 1.807) is 19.1 Å². The van der Waals surface area contributed by atoms with Crippen LogP contribution in [0.2, 0.25) is 5.02 Å². The number of ether oxygens (including phenoxy) is 2. The third-order valence-electron chi connectivity index (χ3n) is 1.97. The zero-order valence-corrected chi connectivity index (χ0v) is 10.5. The number of carbonyl (C=O) groups is 1. The molecule has 0 N–H and O–H groups in total. The molecule has 5 nitrogen and oxygen atoms in total. The molecule has 2 rings (SSSR count). The monoisotopic (exact) mass is 272 g/mol. The fourth-order valence-electron chi connectivity index (χ4n) is 1.27. The standard InChI is InChI=1S/C10H9ClN2O3S/c1-2-15-8(14)5-16-10-6(11)3-4-7-9(10)13-17-12-7/h3-4H,2,5H2,1H3. The number of benzene rings is 1. The van der Waals surface area contributed by atoms with Crippen molar-refractivity contribution < 1.29 is 14.3 Å². The molecule has 0 aliphatic carbocycles. The first kappa shape index (κ1) is 12.1. The topological polar surface area (TPSA) is 60.2 Å². The molecular weight excluding hydrogens is 264 g/mol. The molecule has 0 saturated carbocycles. The Bertz CT molecular complexity index is 527. The summed E-state index contributed by atoms with van der Waals surface area (Å²) in [7, 11) is 0. The Kier molecular flexibility index (Phi) is 3.75. The van der Waals surface area contributed by atoms with Crippen LogP contribution >= 0.6 is 11.6 Å². The van der Waals surface area contributed by atoms with Gasteiger partial charge in [0.1, 0.15) is 11.4 Å². The summed E-state index contributed by atoms with van der Waals surface area (Å²) in [5, 5.41) is 0.398. The van der Waals surface area contributed by atoms with Crippen molar-refractivity contribution in [2.75, 3.05) is 13.2 Å². The molecule has 7 heteroatoms. The van der Waals surface area contributed by atoms with Crippen molar-refractivity contribution in [3.8, 4) is 5.75 Å². The number of rotatable bonds is 4. The van der Waals surface area contributed by atoms with Crippen molar-refractivity contribution in [3.05, 3.63) is 17.2 Å². The predicted octanol–water partition coefficient (Wildman–Crippen LogP) is 3.01. The molecule has 90 valence electrons. The van der Waals surface area contributed by atoms with E-state index in [4.69, 9.17) is 21.1 Å². The third-order valence-corrected chi connectivity index (χ3v) is 2.81.